The van der Waals surface area contributed by atoms with Gasteiger partial charge in [0.15, 0.2) is 0 Å². The molecule has 2 aliphatic heterocycles. The summed E-state index contributed by atoms with van der Waals surface area (Å²) in [6, 6.07) is -0.466. The van der Waals surface area contributed by atoms with Crippen LogP contribution in [0.15, 0.2) is 0 Å². The molecule has 2 N–H and O–H groups in total. The largest absolute Gasteiger partial charge is 0.411 e. The van der Waals surface area contributed by atoms with Gasteiger partial charge in [-0.2, -0.15) is 13.2 Å². The van der Waals surface area contributed by atoms with E-state index in [0.717, 1.165) is 12.8 Å². The van der Waals surface area contributed by atoms with Crippen molar-refractivity contribution >= 4 is 5.91 Å². The summed E-state index contributed by atoms with van der Waals surface area (Å²) >= 11 is 0. The van der Waals surface area contributed by atoms with Crippen molar-refractivity contribution in [2.24, 2.45) is 11.7 Å². The van der Waals surface area contributed by atoms with Crippen LogP contribution in [0.4, 0.5) is 13.2 Å². The van der Waals surface area contributed by atoms with Gasteiger partial charge in [-0.05, 0) is 25.2 Å². The summed E-state index contributed by atoms with van der Waals surface area (Å²) in [5.74, 6) is 0.185. The molecule has 2 fully saturated rings. The zero-order chi connectivity index (χ0) is 18.3. The maximum absolute atomic E-state index is 12.5. The van der Waals surface area contributed by atoms with Crippen LogP contribution in [0.2, 0.25) is 0 Å². The zero-order valence-corrected chi connectivity index (χ0v) is 14.5. The number of piperazine rings is 1. The normalized spacial score (nSPS) is 22.2. The van der Waals surface area contributed by atoms with Crippen LogP contribution in [0.3, 0.4) is 0 Å². The molecule has 6 nitrogen and oxygen atoms in total. The summed E-state index contributed by atoms with van der Waals surface area (Å²) in [6.45, 7) is 3.54. The lowest BCUT2D eigenvalue weighted by atomic mass is 9.91. The van der Waals surface area contributed by atoms with Gasteiger partial charge in [0, 0.05) is 52.5 Å². The molecule has 0 radical (unpaired) electrons. The minimum atomic E-state index is -4.27. The monoisotopic (exact) mass is 367 g/mol. The van der Waals surface area contributed by atoms with Gasteiger partial charge in [-0.15, -0.1) is 0 Å². The Morgan fingerprint density at radius 1 is 1.20 bits per heavy atom. The minimum absolute atomic E-state index is 0.0000560. The molecule has 0 aromatic rings. The number of halogens is 3. The highest BCUT2D eigenvalue weighted by molar-refractivity contribution is 5.82. The van der Waals surface area contributed by atoms with Gasteiger partial charge in [0.2, 0.25) is 5.91 Å². The number of ether oxygens (including phenoxy) is 2. The molecule has 0 aromatic carbocycles. The summed E-state index contributed by atoms with van der Waals surface area (Å²) in [4.78, 5) is 16.5. The van der Waals surface area contributed by atoms with Crippen LogP contribution in [0.5, 0.6) is 0 Å². The Morgan fingerprint density at radius 3 is 2.44 bits per heavy atom. The lowest BCUT2D eigenvalue weighted by Crippen LogP contribution is -2.55. The molecule has 146 valence electrons. The molecule has 2 rings (SSSR count). The standard InChI is InChI=1S/C16H28F3N3O3/c17-16(18,19)12-25-9-1-4-21-5-7-22(8-6-21)15(23)14(20)13-2-10-24-11-3-13/h13-14H,1-12,20H2. The molecule has 1 atom stereocenters. The molecule has 9 heteroatoms. The first-order valence-electron chi connectivity index (χ1n) is 8.86. The summed E-state index contributed by atoms with van der Waals surface area (Å²) in [6.07, 6.45) is -2.07. The number of rotatable bonds is 7. The third-order valence-corrected chi connectivity index (χ3v) is 4.77. The Labute approximate surface area is 146 Å². The van der Waals surface area contributed by atoms with E-state index < -0.39 is 18.8 Å². The third-order valence-electron chi connectivity index (χ3n) is 4.77. The molecule has 0 saturated carbocycles. The van der Waals surface area contributed by atoms with Crippen LogP contribution in [0, 0.1) is 5.92 Å². The first-order chi connectivity index (χ1) is 11.9. The highest BCUT2D eigenvalue weighted by Gasteiger charge is 2.31. The predicted octanol–water partition coefficient (Wildman–Crippen LogP) is 0.853. The molecule has 2 aliphatic rings. The van der Waals surface area contributed by atoms with Crippen molar-refractivity contribution in [2.75, 3.05) is 59.2 Å². The number of nitrogens with two attached hydrogens (primary N) is 1. The van der Waals surface area contributed by atoms with E-state index in [2.05, 4.69) is 9.64 Å². The Morgan fingerprint density at radius 2 is 1.84 bits per heavy atom. The van der Waals surface area contributed by atoms with E-state index in [1.165, 1.54) is 0 Å². The van der Waals surface area contributed by atoms with Crippen molar-refractivity contribution in [3.8, 4) is 0 Å². The van der Waals surface area contributed by atoms with Gasteiger partial charge < -0.3 is 20.1 Å². The van der Waals surface area contributed by atoms with E-state index in [0.29, 0.717) is 52.4 Å². The van der Waals surface area contributed by atoms with E-state index >= 15 is 0 Å². The number of amides is 1. The second kappa shape index (κ2) is 9.70. The van der Waals surface area contributed by atoms with Crippen LogP contribution in [0.1, 0.15) is 19.3 Å². The molecular formula is C16H28F3N3O3. The fourth-order valence-electron chi connectivity index (χ4n) is 3.26. The van der Waals surface area contributed by atoms with Crippen molar-refractivity contribution in [1.82, 2.24) is 9.80 Å². The minimum Gasteiger partial charge on any atom is -0.381 e. The number of carbonyl (C=O) groups is 1. The van der Waals surface area contributed by atoms with E-state index in [9.17, 15) is 18.0 Å². The van der Waals surface area contributed by atoms with Gasteiger partial charge in [0.25, 0.3) is 0 Å². The Balaban J connectivity index is 1.61. The number of hydrogen-bond acceptors (Lipinski definition) is 5. The highest BCUT2D eigenvalue weighted by Crippen LogP contribution is 2.19. The number of hydrogen-bond donors (Lipinski definition) is 1. The van der Waals surface area contributed by atoms with Gasteiger partial charge in [-0.1, -0.05) is 0 Å². The van der Waals surface area contributed by atoms with Gasteiger partial charge in [-0.25, -0.2) is 0 Å². The number of alkyl halides is 3. The van der Waals surface area contributed by atoms with E-state index in [1.807, 2.05) is 0 Å². The average Bonchev–Trinajstić information content (AvgIpc) is 2.60. The fourth-order valence-corrected chi connectivity index (χ4v) is 3.26. The van der Waals surface area contributed by atoms with E-state index in [1.54, 1.807) is 4.90 Å². The maximum atomic E-state index is 12.5. The molecule has 1 unspecified atom stereocenters. The van der Waals surface area contributed by atoms with Crippen LogP contribution < -0.4 is 5.73 Å². The smallest absolute Gasteiger partial charge is 0.381 e. The van der Waals surface area contributed by atoms with Crippen LogP contribution in [-0.4, -0.2) is 87.1 Å². The Bertz CT molecular complexity index is 409. The van der Waals surface area contributed by atoms with Crippen molar-refractivity contribution < 1.29 is 27.4 Å². The maximum Gasteiger partial charge on any atom is 0.411 e. The molecule has 0 spiro atoms. The summed E-state index contributed by atoms with van der Waals surface area (Å²) in [7, 11) is 0. The van der Waals surface area contributed by atoms with Gasteiger partial charge >= 0.3 is 6.18 Å². The topological polar surface area (TPSA) is 68.0 Å². The van der Waals surface area contributed by atoms with E-state index in [4.69, 9.17) is 10.5 Å². The molecule has 1 amide bonds. The van der Waals surface area contributed by atoms with Crippen LogP contribution >= 0.6 is 0 Å². The van der Waals surface area contributed by atoms with Crippen molar-refractivity contribution in [3.63, 3.8) is 0 Å². The van der Waals surface area contributed by atoms with Crippen LogP contribution in [0.25, 0.3) is 0 Å². The molecular weight excluding hydrogens is 339 g/mol. The van der Waals surface area contributed by atoms with Crippen molar-refractivity contribution in [1.29, 1.82) is 0 Å². The fraction of sp³-hybridized carbons (Fsp3) is 0.938. The number of nitrogens with zero attached hydrogens (tertiary/aromatic N) is 2. The molecule has 2 saturated heterocycles. The quantitative estimate of drug-likeness (QED) is 0.676. The molecule has 0 bridgehead atoms. The van der Waals surface area contributed by atoms with Crippen molar-refractivity contribution in [3.05, 3.63) is 0 Å². The Kier molecular flexibility index (Phi) is 7.92. The van der Waals surface area contributed by atoms with Gasteiger partial charge in [-0.3, -0.25) is 9.69 Å². The van der Waals surface area contributed by atoms with Gasteiger partial charge in [0.05, 0.1) is 6.04 Å². The Hall–Kier alpha value is -0.900. The SMILES string of the molecule is NC(C(=O)N1CCN(CCCOCC(F)(F)F)CC1)C1CCOCC1. The third kappa shape index (κ3) is 7.08. The summed E-state index contributed by atoms with van der Waals surface area (Å²) < 4.78 is 45.8. The lowest BCUT2D eigenvalue weighted by molar-refractivity contribution is -0.174. The molecule has 2 heterocycles. The van der Waals surface area contributed by atoms with Gasteiger partial charge in [0.1, 0.15) is 6.61 Å². The summed E-state index contributed by atoms with van der Waals surface area (Å²) in [5.41, 5.74) is 6.14. The predicted molar refractivity (Wildman–Crippen MR) is 86.0 cm³/mol. The molecule has 0 aliphatic carbocycles. The highest BCUT2D eigenvalue weighted by atomic mass is 19.4. The van der Waals surface area contributed by atoms with Crippen molar-refractivity contribution in [2.45, 2.75) is 31.5 Å². The second-order valence-electron chi connectivity index (χ2n) is 6.66. The second-order valence-corrected chi connectivity index (χ2v) is 6.66. The first kappa shape index (κ1) is 20.4. The molecule has 25 heavy (non-hydrogen) atoms. The van der Waals surface area contributed by atoms with Crippen LogP contribution in [-0.2, 0) is 14.3 Å². The summed E-state index contributed by atoms with van der Waals surface area (Å²) in [5, 5.41) is 0. The number of carbonyl (C=O) groups excluding carboxylic acids is 1. The first-order valence-corrected chi connectivity index (χ1v) is 8.86. The zero-order valence-electron chi connectivity index (χ0n) is 14.5. The molecule has 0 aromatic heterocycles. The average molecular weight is 367 g/mol. The van der Waals surface area contributed by atoms with E-state index in [-0.39, 0.29) is 18.4 Å². The lowest BCUT2D eigenvalue weighted by Gasteiger charge is -2.37.